The van der Waals surface area contributed by atoms with Gasteiger partial charge in [-0.1, -0.05) is 92.7 Å². The lowest BCUT2D eigenvalue weighted by Gasteiger charge is -2.07. The first-order valence-electron chi connectivity index (χ1n) is 10.6. The molecule has 0 saturated heterocycles. The Balaban J connectivity index is 1.46. The average molecular weight is 374 g/mol. The van der Waals surface area contributed by atoms with Crippen LogP contribution in [-0.2, 0) is 19.3 Å². The maximum Gasteiger partial charge on any atom is -0.000684 e. The van der Waals surface area contributed by atoms with E-state index in [1.807, 2.05) is 0 Å². The molecule has 0 heterocycles. The quantitative estimate of drug-likeness (QED) is 0.306. The monoisotopic (exact) mass is 373 g/mol. The summed E-state index contributed by atoms with van der Waals surface area (Å²) in [4.78, 5) is 0. The van der Waals surface area contributed by atoms with Crippen molar-refractivity contribution in [2.75, 3.05) is 0 Å². The van der Waals surface area contributed by atoms with Gasteiger partial charge in [-0.2, -0.15) is 0 Å². The molecule has 0 aliphatic heterocycles. The lowest BCUT2D eigenvalue weighted by atomic mass is 9.97. The molecule has 141 valence electrons. The minimum Gasteiger partial charge on any atom is -0.0613 e. The number of aryl methyl sites for hydroxylation is 2. The lowest BCUT2D eigenvalue weighted by molar-refractivity contribution is 1.14. The Morgan fingerprint density at radius 3 is 1.86 bits per heavy atom. The number of fused-ring (bicyclic) bond motifs is 3. The molecule has 1 radical (unpaired) electrons. The molecule has 0 heteroatoms. The van der Waals surface area contributed by atoms with E-state index in [1.54, 1.807) is 0 Å². The fourth-order valence-electron chi connectivity index (χ4n) is 4.32. The molecule has 29 heavy (non-hydrogen) atoms. The van der Waals surface area contributed by atoms with Crippen molar-refractivity contribution in [1.82, 2.24) is 0 Å². The first-order chi connectivity index (χ1) is 14.2. The Kier molecular flexibility index (Phi) is 4.56. The first kappa shape index (κ1) is 17.9. The molecule has 0 atom stereocenters. The van der Waals surface area contributed by atoms with E-state index in [0.29, 0.717) is 0 Å². The zero-order chi connectivity index (χ0) is 19.8. The summed E-state index contributed by atoms with van der Waals surface area (Å²) in [5, 5.41) is 0. The van der Waals surface area contributed by atoms with Gasteiger partial charge in [0.05, 0.1) is 0 Å². The maximum atomic E-state index is 3.70. The summed E-state index contributed by atoms with van der Waals surface area (Å²) in [5.74, 6) is 0. The van der Waals surface area contributed by atoms with Gasteiger partial charge < -0.3 is 0 Å². The van der Waals surface area contributed by atoms with Gasteiger partial charge in [-0.25, -0.2) is 0 Å². The van der Waals surface area contributed by atoms with Crippen molar-refractivity contribution in [2.24, 2.45) is 0 Å². The van der Waals surface area contributed by atoms with Crippen molar-refractivity contribution in [2.45, 2.75) is 33.1 Å². The van der Waals surface area contributed by atoms with Crippen LogP contribution in [-0.4, -0.2) is 0 Å². The van der Waals surface area contributed by atoms with Crippen LogP contribution in [0.4, 0.5) is 0 Å². The van der Waals surface area contributed by atoms with Crippen LogP contribution in [0.3, 0.4) is 0 Å². The molecule has 0 unspecified atom stereocenters. The van der Waals surface area contributed by atoms with Crippen molar-refractivity contribution in [3.05, 3.63) is 107 Å². The molecule has 5 rings (SSSR count). The third-order valence-electron chi connectivity index (χ3n) is 6.16. The van der Waals surface area contributed by atoms with Gasteiger partial charge in [0.25, 0.3) is 0 Å². The highest BCUT2D eigenvalue weighted by atomic mass is 14.2. The highest BCUT2D eigenvalue weighted by Gasteiger charge is 2.20. The second kappa shape index (κ2) is 7.37. The fourth-order valence-corrected chi connectivity index (χ4v) is 4.32. The van der Waals surface area contributed by atoms with Crippen LogP contribution >= 0.6 is 0 Å². The highest BCUT2D eigenvalue weighted by molar-refractivity contribution is 5.82. The highest BCUT2D eigenvalue weighted by Crippen LogP contribution is 2.40. The summed E-state index contributed by atoms with van der Waals surface area (Å²) in [7, 11) is 0. The van der Waals surface area contributed by atoms with E-state index >= 15 is 0 Å². The molecule has 0 nitrogen and oxygen atoms in total. The first-order valence-corrected chi connectivity index (χ1v) is 10.6. The predicted octanol–water partition coefficient (Wildman–Crippen LogP) is 7.52. The molecule has 0 saturated carbocycles. The van der Waals surface area contributed by atoms with Crippen LogP contribution in [0.2, 0.25) is 0 Å². The molecule has 4 aromatic rings. The van der Waals surface area contributed by atoms with E-state index in [0.717, 1.165) is 19.3 Å². The van der Waals surface area contributed by atoms with Gasteiger partial charge in [-0.15, -0.1) is 0 Å². The SMILES string of the molecule is CCc1ccc(-c2[c]c3c(cc2)-c2ccc(-c4ccc(CC)cc4)cc2C3)cc1. The summed E-state index contributed by atoms with van der Waals surface area (Å²) in [5.41, 5.74) is 13.2. The smallest absolute Gasteiger partial charge is 0.000684 e. The Morgan fingerprint density at radius 1 is 0.621 bits per heavy atom. The fraction of sp³-hybridized carbons (Fsp3) is 0.172. The molecule has 4 aromatic carbocycles. The van der Waals surface area contributed by atoms with Gasteiger partial charge in [0.2, 0.25) is 0 Å². The number of rotatable bonds is 4. The molecule has 0 aromatic heterocycles. The zero-order valence-electron chi connectivity index (χ0n) is 17.1. The van der Waals surface area contributed by atoms with Gasteiger partial charge in [0, 0.05) is 0 Å². The van der Waals surface area contributed by atoms with Crippen LogP contribution in [0.15, 0.2) is 78.9 Å². The van der Waals surface area contributed by atoms with E-state index in [-0.39, 0.29) is 0 Å². The van der Waals surface area contributed by atoms with E-state index in [4.69, 9.17) is 0 Å². The van der Waals surface area contributed by atoms with Gasteiger partial charge in [0.1, 0.15) is 0 Å². The summed E-state index contributed by atoms with van der Waals surface area (Å²) in [6.07, 6.45) is 3.12. The molecule has 0 N–H and O–H groups in total. The van der Waals surface area contributed by atoms with Crippen LogP contribution in [0.5, 0.6) is 0 Å². The maximum absolute atomic E-state index is 3.70. The molecule has 0 amide bonds. The summed E-state index contributed by atoms with van der Waals surface area (Å²) in [6.45, 7) is 4.39. The van der Waals surface area contributed by atoms with Gasteiger partial charge >= 0.3 is 0 Å². The number of hydrogen-bond donors (Lipinski definition) is 0. The molecular weight excluding hydrogens is 348 g/mol. The third kappa shape index (κ3) is 3.29. The van der Waals surface area contributed by atoms with Gasteiger partial charge in [-0.05, 0) is 81.0 Å². The molecule has 0 fully saturated rings. The second-order valence-electron chi connectivity index (χ2n) is 7.91. The minimum atomic E-state index is 0.965. The molecular formula is C29H25. The average Bonchev–Trinajstić information content (AvgIpc) is 3.16. The van der Waals surface area contributed by atoms with Crippen LogP contribution < -0.4 is 0 Å². The van der Waals surface area contributed by atoms with Crippen LogP contribution in [0, 0.1) is 6.07 Å². The van der Waals surface area contributed by atoms with E-state index < -0.39 is 0 Å². The number of benzene rings is 4. The Labute approximate surface area is 173 Å². The number of hydrogen-bond acceptors (Lipinski definition) is 0. The third-order valence-corrected chi connectivity index (χ3v) is 6.16. The van der Waals surface area contributed by atoms with Crippen LogP contribution in [0.1, 0.15) is 36.1 Å². The Morgan fingerprint density at radius 2 is 1.21 bits per heavy atom. The van der Waals surface area contributed by atoms with Crippen molar-refractivity contribution in [3.63, 3.8) is 0 Å². The van der Waals surface area contributed by atoms with E-state index in [1.165, 1.54) is 55.6 Å². The van der Waals surface area contributed by atoms with E-state index in [9.17, 15) is 0 Å². The standard InChI is InChI=1S/C29H25/c1-3-20-5-9-22(10-6-20)24-13-15-28-26(17-24)19-27-18-25(14-16-29(27)28)23-11-7-21(4-2)8-12-23/h5-17H,3-4,19H2,1-2H3. The van der Waals surface area contributed by atoms with Gasteiger partial charge in [0.15, 0.2) is 0 Å². The molecule has 0 spiro atoms. The normalized spacial score (nSPS) is 11.9. The minimum absolute atomic E-state index is 0.965. The summed E-state index contributed by atoms with van der Waals surface area (Å²) >= 11 is 0. The van der Waals surface area contributed by atoms with Crippen molar-refractivity contribution in [3.8, 4) is 33.4 Å². The Hall–Kier alpha value is -3.12. The van der Waals surface area contributed by atoms with Crippen molar-refractivity contribution < 1.29 is 0 Å². The van der Waals surface area contributed by atoms with E-state index in [2.05, 4.69) is 98.8 Å². The van der Waals surface area contributed by atoms with Crippen molar-refractivity contribution >= 4 is 0 Å². The van der Waals surface area contributed by atoms with Gasteiger partial charge in [-0.3, -0.25) is 0 Å². The summed E-state index contributed by atoms with van der Waals surface area (Å²) in [6, 6.07) is 32.9. The lowest BCUT2D eigenvalue weighted by Crippen LogP contribution is -1.86. The Bertz CT molecular complexity index is 1070. The van der Waals surface area contributed by atoms with Crippen molar-refractivity contribution in [1.29, 1.82) is 0 Å². The summed E-state index contributed by atoms with van der Waals surface area (Å²) < 4.78 is 0. The second-order valence-corrected chi connectivity index (χ2v) is 7.91. The topological polar surface area (TPSA) is 0 Å². The zero-order valence-corrected chi connectivity index (χ0v) is 17.1. The predicted molar refractivity (Wildman–Crippen MR) is 123 cm³/mol. The van der Waals surface area contributed by atoms with Crippen LogP contribution in [0.25, 0.3) is 33.4 Å². The largest absolute Gasteiger partial charge is 0.0613 e. The molecule has 1 aliphatic rings. The molecule has 0 bridgehead atoms. The molecule has 1 aliphatic carbocycles.